The van der Waals surface area contributed by atoms with Gasteiger partial charge in [0.05, 0.1) is 11.3 Å². The number of anilines is 1. The van der Waals surface area contributed by atoms with Crippen LogP contribution in [0.5, 0.6) is 0 Å². The Morgan fingerprint density at radius 3 is 2.71 bits per heavy atom. The first-order valence-electron chi connectivity index (χ1n) is 6.33. The lowest BCUT2D eigenvalue weighted by Crippen LogP contribution is -2.16. The van der Waals surface area contributed by atoms with Crippen molar-refractivity contribution < 1.29 is 9.18 Å². The van der Waals surface area contributed by atoms with Crippen LogP contribution in [0.4, 0.5) is 10.1 Å². The van der Waals surface area contributed by atoms with Gasteiger partial charge in [-0.25, -0.2) is 4.39 Å². The van der Waals surface area contributed by atoms with Crippen LogP contribution in [-0.2, 0) is 0 Å². The number of pyridine rings is 1. The van der Waals surface area contributed by atoms with E-state index in [-0.39, 0.29) is 11.3 Å². The van der Waals surface area contributed by atoms with Crippen molar-refractivity contribution in [1.82, 2.24) is 4.98 Å². The molecule has 0 atom stereocenters. The smallest absolute Gasteiger partial charge is 0.251 e. The predicted molar refractivity (Wildman–Crippen MR) is 80.8 cm³/mol. The van der Waals surface area contributed by atoms with Gasteiger partial charge in [-0.15, -0.1) is 6.58 Å². The summed E-state index contributed by atoms with van der Waals surface area (Å²) >= 11 is 0. The van der Waals surface area contributed by atoms with Crippen LogP contribution >= 0.6 is 0 Å². The highest BCUT2D eigenvalue weighted by molar-refractivity contribution is 6.02. The number of aromatic nitrogens is 1. The fraction of sp³-hybridized carbons (Fsp3) is 0.0625. The summed E-state index contributed by atoms with van der Waals surface area (Å²) in [4.78, 5) is 15.9. The van der Waals surface area contributed by atoms with Gasteiger partial charge in [-0.1, -0.05) is 6.08 Å². The summed E-state index contributed by atoms with van der Waals surface area (Å²) in [5.74, 6) is -1.05. The minimum atomic E-state index is -0.614. The molecule has 0 unspecified atom stereocenters. The van der Waals surface area contributed by atoms with Gasteiger partial charge in [-0.3, -0.25) is 9.78 Å². The molecule has 1 radical (unpaired) electrons. The third-order valence-electron chi connectivity index (χ3n) is 3.01. The number of carbonyl (C=O) groups excluding carboxylic acids is 1. The summed E-state index contributed by atoms with van der Waals surface area (Å²) in [6.07, 6.45) is 5.54. The highest BCUT2D eigenvalue weighted by Gasteiger charge is 2.17. The summed E-state index contributed by atoms with van der Waals surface area (Å²) in [5, 5.41) is 0. The number of allylic oxidation sites excluding steroid dienone is 1. The highest BCUT2D eigenvalue weighted by atomic mass is 19.1. The Labute approximate surface area is 122 Å². The van der Waals surface area contributed by atoms with Crippen LogP contribution in [0.2, 0.25) is 0 Å². The number of amides is 1. The van der Waals surface area contributed by atoms with E-state index in [1.54, 1.807) is 24.8 Å². The van der Waals surface area contributed by atoms with E-state index in [9.17, 15) is 9.18 Å². The second-order valence-electron chi connectivity index (χ2n) is 4.44. The monoisotopic (exact) mass is 284 g/mol. The molecule has 0 saturated heterocycles. The average Bonchev–Trinajstić information content (AvgIpc) is 2.44. The molecule has 21 heavy (non-hydrogen) atoms. The second-order valence-corrected chi connectivity index (χ2v) is 4.44. The number of rotatable bonds is 5. The number of halogens is 1. The van der Waals surface area contributed by atoms with Gasteiger partial charge in [0, 0.05) is 23.9 Å². The van der Waals surface area contributed by atoms with Crippen molar-refractivity contribution in [3.63, 3.8) is 0 Å². The number of benzene rings is 1. The van der Waals surface area contributed by atoms with E-state index in [0.717, 1.165) is 0 Å². The zero-order valence-electron chi connectivity index (χ0n) is 11.3. The van der Waals surface area contributed by atoms with Gasteiger partial charge in [0.25, 0.3) is 5.91 Å². The Balaban J connectivity index is 2.62. The quantitative estimate of drug-likeness (QED) is 0.654. The lowest BCUT2D eigenvalue weighted by molar-refractivity contribution is 0.1000. The number of carbonyl (C=O) groups is 1. The van der Waals surface area contributed by atoms with Crippen molar-refractivity contribution in [3.05, 3.63) is 66.6 Å². The maximum Gasteiger partial charge on any atom is 0.251 e. The molecule has 1 amide bonds. The van der Waals surface area contributed by atoms with Crippen LogP contribution in [0, 0.1) is 12.2 Å². The Bertz CT molecular complexity index is 698. The minimum absolute atomic E-state index is 0.235. The first-order valence-corrected chi connectivity index (χ1v) is 6.33. The molecular weight excluding hydrogens is 269 g/mol. The Morgan fingerprint density at radius 1 is 1.33 bits per heavy atom. The Hall–Kier alpha value is -2.69. The second kappa shape index (κ2) is 6.17. The predicted octanol–water partition coefficient (Wildman–Crippen LogP) is 2.70. The number of hydrogen-bond acceptors (Lipinski definition) is 3. The first-order chi connectivity index (χ1) is 10.0. The molecule has 107 valence electrons. The summed E-state index contributed by atoms with van der Waals surface area (Å²) < 4.78 is 13.2. The first kappa shape index (κ1) is 14.7. The van der Waals surface area contributed by atoms with E-state index in [1.165, 1.54) is 18.2 Å². The summed E-state index contributed by atoms with van der Waals surface area (Å²) in [7, 11) is 0. The lowest BCUT2D eigenvalue weighted by atomic mass is 9.95. The molecule has 4 N–H and O–H groups in total. The lowest BCUT2D eigenvalue weighted by Gasteiger charge is -2.13. The van der Waals surface area contributed by atoms with Gasteiger partial charge in [-0.2, -0.15) is 0 Å². The fourth-order valence-corrected chi connectivity index (χ4v) is 2.09. The van der Waals surface area contributed by atoms with Crippen LogP contribution in [0.15, 0.2) is 43.1 Å². The van der Waals surface area contributed by atoms with E-state index >= 15 is 0 Å². The molecule has 1 aromatic carbocycles. The van der Waals surface area contributed by atoms with Crippen molar-refractivity contribution in [3.8, 4) is 11.1 Å². The normalized spacial score (nSPS) is 10.3. The number of primary amides is 1. The van der Waals surface area contributed by atoms with Crippen LogP contribution in [-0.4, -0.2) is 10.9 Å². The molecule has 2 rings (SSSR count). The van der Waals surface area contributed by atoms with Crippen molar-refractivity contribution in [2.24, 2.45) is 5.73 Å². The van der Waals surface area contributed by atoms with Gasteiger partial charge in [-0.05, 0) is 36.2 Å². The summed E-state index contributed by atoms with van der Waals surface area (Å²) in [6.45, 7) is 3.62. The zero-order valence-corrected chi connectivity index (χ0v) is 11.3. The van der Waals surface area contributed by atoms with Gasteiger partial charge < -0.3 is 11.5 Å². The van der Waals surface area contributed by atoms with Gasteiger partial charge >= 0.3 is 0 Å². The molecule has 0 aliphatic rings. The number of nitrogens with zero attached hydrogens (tertiary/aromatic N) is 1. The summed E-state index contributed by atoms with van der Waals surface area (Å²) in [5.41, 5.74) is 13.3. The standard InChI is InChI=1S/C16H15FN3O/c1-2-3-4-14-15(16(19)21)12(7-8-20-14)11-6-5-10(17)9-13(11)18/h2,4-9H,1,3,18H2,(H2,19,21). The van der Waals surface area contributed by atoms with E-state index in [1.807, 2.05) is 0 Å². The minimum Gasteiger partial charge on any atom is -0.398 e. The molecule has 2 aromatic rings. The van der Waals surface area contributed by atoms with Gasteiger partial charge in [0.15, 0.2) is 0 Å². The van der Waals surface area contributed by atoms with E-state index in [2.05, 4.69) is 11.6 Å². The van der Waals surface area contributed by atoms with Crippen molar-refractivity contribution in [2.45, 2.75) is 6.42 Å². The molecule has 0 saturated carbocycles. The molecule has 1 aromatic heterocycles. The van der Waals surface area contributed by atoms with E-state index < -0.39 is 11.7 Å². The van der Waals surface area contributed by atoms with Gasteiger partial charge in [0.2, 0.25) is 0 Å². The highest BCUT2D eigenvalue weighted by Crippen LogP contribution is 2.31. The van der Waals surface area contributed by atoms with Crippen LogP contribution in [0.3, 0.4) is 0 Å². The fourth-order valence-electron chi connectivity index (χ4n) is 2.09. The van der Waals surface area contributed by atoms with Crippen molar-refractivity contribution in [2.75, 3.05) is 5.73 Å². The summed E-state index contributed by atoms with van der Waals surface area (Å²) in [6, 6.07) is 5.64. The van der Waals surface area contributed by atoms with Crippen molar-refractivity contribution >= 4 is 11.6 Å². The molecule has 4 nitrogen and oxygen atoms in total. The average molecular weight is 284 g/mol. The molecule has 0 spiro atoms. The maximum absolute atomic E-state index is 13.2. The van der Waals surface area contributed by atoms with E-state index in [0.29, 0.717) is 23.2 Å². The third kappa shape index (κ3) is 3.08. The Morgan fingerprint density at radius 2 is 2.10 bits per heavy atom. The molecule has 0 aliphatic carbocycles. The largest absolute Gasteiger partial charge is 0.398 e. The molecule has 1 heterocycles. The van der Waals surface area contributed by atoms with Crippen molar-refractivity contribution in [1.29, 1.82) is 0 Å². The van der Waals surface area contributed by atoms with Crippen LogP contribution in [0.25, 0.3) is 11.1 Å². The maximum atomic E-state index is 13.2. The molecule has 0 bridgehead atoms. The topological polar surface area (TPSA) is 82.0 Å². The molecule has 5 heteroatoms. The molecular formula is C16H15FN3O. The van der Waals surface area contributed by atoms with Gasteiger partial charge in [0.1, 0.15) is 5.82 Å². The molecule has 0 fully saturated rings. The van der Waals surface area contributed by atoms with Crippen LogP contribution in [0.1, 0.15) is 22.5 Å². The number of nitrogen functional groups attached to an aromatic ring is 1. The SMILES string of the molecule is C=CC[CH]c1nccc(-c2ccc(F)cc2N)c1C(N)=O. The third-order valence-corrected chi connectivity index (χ3v) is 3.01. The number of nitrogens with two attached hydrogens (primary N) is 2. The van der Waals surface area contributed by atoms with Crippen LogP contribution < -0.4 is 11.5 Å². The van der Waals surface area contributed by atoms with E-state index in [4.69, 9.17) is 11.5 Å². The zero-order chi connectivity index (χ0) is 15.4. The molecule has 0 aliphatic heterocycles. The Kier molecular flexibility index (Phi) is 4.33. The number of hydrogen-bond donors (Lipinski definition) is 2.